The molecule has 0 saturated carbocycles. The lowest BCUT2D eigenvalue weighted by Crippen LogP contribution is -2.04. The third-order valence-corrected chi connectivity index (χ3v) is 4.41. The van der Waals surface area contributed by atoms with Crippen LogP contribution in [0.5, 0.6) is 11.6 Å². The highest BCUT2D eigenvalue weighted by atomic mass is 16.5. The van der Waals surface area contributed by atoms with Gasteiger partial charge in [0.15, 0.2) is 0 Å². The molecule has 6 heteroatoms. The summed E-state index contributed by atoms with van der Waals surface area (Å²) in [5.74, 6) is 2.79. The van der Waals surface area contributed by atoms with Crippen molar-refractivity contribution < 1.29 is 9.47 Å². The predicted molar refractivity (Wildman–Crippen MR) is 104 cm³/mol. The molecule has 3 heterocycles. The Kier molecular flexibility index (Phi) is 4.46. The van der Waals surface area contributed by atoms with Crippen molar-refractivity contribution in [1.82, 2.24) is 19.5 Å². The minimum atomic E-state index is 0.502. The van der Waals surface area contributed by atoms with Crippen LogP contribution in [0.3, 0.4) is 0 Å². The Bertz CT molecular complexity index is 1100. The van der Waals surface area contributed by atoms with E-state index >= 15 is 0 Å². The molecular weight excluding hydrogens is 340 g/mol. The van der Waals surface area contributed by atoms with Gasteiger partial charge in [0.1, 0.15) is 17.4 Å². The van der Waals surface area contributed by atoms with Crippen molar-refractivity contribution in [3.8, 4) is 17.4 Å². The monoisotopic (exact) mass is 360 g/mol. The molecule has 0 N–H and O–H groups in total. The van der Waals surface area contributed by atoms with E-state index < -0.39 is 0 Å². The second-order valence-corrected chi connectivity index (χ2v) is 6.29. The SMILES string of the molecule is COc1cc(-n2ccc(C)c2)ncc1Cc1nc(OC)c2ccccc2n1. The first kappa shape index (κ1) is 17.0. The molecular formula is C21H20N4O2. The van der Waals surface area contributed by atoms with Crippen LogP contribution in [-0.2, 0) is 6.42 Å². The van der Waals surface area contributed by atoms with E-state index in [9.17, 15) is 0 Å². The van der Waals surface area contributed by atoms with E-state index in [0.717, 1.165) is 28.0 Å². The number of aryl methyl sites for hydroxylation is 1. The lowest BCUT2D eigenvalue weighted by atomic mass is 10.1. The average molecular weight is 360 g/mol. The van der Waals surface area contributed by atoms with Crippen LogP contribution in [0.25, 0.3) is 16.7 Å². The van der Waals surface area contributed by atoms with Crippen LogP contribution in [0, 0.1) is 6.92 Å². The molecule has 0 amide bonds. The minimum Gasteiger partial charge on any atom is -0.496 e. The molecule has 0 fully saturated rings. The number of nitrogens with zero attached hydrogens (tertiary/aromatic N) is 4. The lowest BCUT2D eigenvalue weighted by molar-refractivity contribution is 0.400. The van der Waals surface area contributed by atoms with Gasteiger partial charge in [0, 0.05) is 36.6 Å². The van der Waals surface area contributed by atoms with E-state index in [1.54, 1.807) is 14.2 Å². The van der Waals surface area contributed by atoms with Gasteiger partial charge in [-0.25, -0.2) is 9.97 Å². The van der Waals surface area contributed by atoms with Crippen LogP contribution in [0.1, 0.15) is 17.0 Å². The molecule has 0 unspecified atom stereocenters. The van der Waals surface area contributed by atoms with Gasteiger partial charge in [0.25, 0.3) is 0 Å². The third-order valence-electron chi connectivity index (χ3n) is 4.41. The molecule has 4 aromatic rings. The zero-order chi connectivity index (χ0) is 18.8. The molecule has 3 aromatic heterocycles. The highest BCUT2D eigenvalue weighted by Crippen LogP contribution is 2.26. The van der Waals surface area contributed by atoms with Gasteiger partial charge in [-0.05, 0) is 30.7 Å². The number of hydrogen-bond donors (Lipinski definition) is 0. The summed E-state index contributed by atoms with van der Waals surface area (Å²) in [5, 5.41) is 0.896. The van der Waals surface area contributed by atoms with Gasteiger partial charge in [0.05, 0.1) is 25.1 Å². The number of hydrogen-bond acceptors (Lipinski definition) is 5. The molecule has 1 aromatic carbocycles. The third kappa shape index (κ3) is 3.33. The van der Waals surface area contributed by atoms with Crippen LogP contribution in [0.2, 0.25) is 0 Å². The Balaban J connectivity index is 1.71. The first-order valence-corrected chi connectivity index (χ1v) is 8.65. The zero-order valence-electron chi connectivity index (χ0n) is 15.5. The number of rotatable bonds is 5. The maximum Gasteiger partial charge on any atom is 0.224 e. The molecule has 6 nitrogen and oxygen atoms in total. The quantitative estimate of drug-likeness (QED) is 0.543. The normalized spacial score (nSPS) is 10.9. The van der Waals surface area contributed by atoms with Gasteiger partial charge in [-0.3, -0.25) is 0 Å². The molecule has 27 heavy (non-hydrogen) atoms. The van der Waals surface area contributed by atoms with Gasteiger partial charge in [0.2, 0.25) is 5.88 Å². The van der Waals surface area contributed by atoms with Gasteiger partial charge in [-0.1, -0.05) is 12.1 Å². The number of fused-ring (bicyclic) bond motifs is 1. The average Bonchev–Trinajstić information content (AvgIpc) is 3.14. The fraction of sp³-hybridized carbons (Fsp3) is 0.190. The Labute approximate surface area is 157 Å². The van der Waals surface area contributed by atoms with Crippen LogP contribution >= 0.6 is 0 Å². The number of methoxy groups -OCH3 is 2. The molecule has 136 valence electrons. The highest BCUT2D eigenvalue weighted by molar-refractivity contribution is 5.83. The highest BCUT2D eigenvalue weighted by Gasteiger charge is 2.13. The standard InChI is InChI=1S/C21H20N4O2/c1-14-8-9-25(13-14)20-11-18(26-2)15(12-22-20)10-19-23-17-7-5-4-6-16(17)21(24-19)27-3/h4-9,11-13H,10H2,1-3H3. The molecule has 0 saturated heterocycles. The van der Waals surface area contributed by atoms with Crippen LogP contribution in [-0.4, -0.2) is 33.7 Å². The van der Waals surface area contributed by atoms with E-state index in [4.69, 9.17) is 9.47 Å². The summed E-state index contributed by atoms with van der Waals surface area (Å²) in [6, 6.07) is 11.8. The molecule has 0 aliphatic heterocycles. The summed E-state index contributed by atoms with van der Waals surface area (Å²) in [6.07, 6.45) is 6.32. The summed E-state index contributed by atoms with van der Waals surface area (Å²) in [4.78, 5) is 13.8. The second kappa shape index (κ2) is 7.07. The van der Waals surface area contributed by atoms with Gasteiger partial charge in [-0.2, -0.15) is 4.98 Å². The van der Waals surface area contributed by atoms with Gasteiger partial charge < -0.3 is 14.0 Å². The fourth-order valence-corrected chi connectivity index (χ4v) is 3.06. The summed E-state index contributed by atoms with van der Waals surface area (Å²) >= 11 is 0. The number of para-hydroxylation sites is 1. The van der Waals surface area contributed by atoms with Crippen LogP contribution in [0.15, 0.2) is 55.0 Å². The van der Waals surface area contributed by atoms with Gasteiger partial charge >= 0.3 is 0 Å². The first-order chi connectivity index (χ1) is 13.2. The van der Waals surface area contributed by atoms with Crippen molar-refractivity contribution in [2.24, 2.45) is 0 Å². The fourth-order valence-electron chi connectivity index (χ4n) is 3.06. The van der Waals surface area contributed by atoms with Crippen LogP contribution < -0.4 is 9.47 Å². The molecule has 0 bridgehead atoms. The molecule has 0 atom stereocenters. The van der Waals surface area contributed by atoms with Crippen molar-refractivity contribution in [2.45, 2.75) is 13.3 Å². The van der Waals surface area contributed by atoms with Gasteiger partial charge in [-0.15, -0.1) is 0 Å². The number of pyridine rings is 1. The van der Waals surface area contributed by atoms with Crippen molar-refractivity contribution in [2.75, 3.05) is 14.2 Å². The van der Waals surface area contributed by atoms with E-state index in [0.29, 0.717) is 18.1 Å². The Hall–Kier alpha value is -3.41. The largest absolute Gasteiger partial charge is 0.496 e. The molecule has 0 aliphatic carbocycles. The topological polar surface area (TPSA) is 62.1 Å². The molecule has 0 aliphatic rings. The molecule has 0 spiro atoms. The summed E-state index contributed by atoms with van der Waals surface area (Å²) in [5.41, 5.74) is 2.95. The van der Waals surface area contributed by atoms with Crippen LogP contribution in [0.4, 0.5) is 0 Å². The predicted octanol–water partition coefficient (Wildman–Crippen LogP) is 3.73. The zero-order valence-corrected chi connectivity index (χ0v) is 15.5. The number of aromatic nitrogens is 4. The first-order valence-electron chi connectivity index (χ1n) is 8.65. The number of benzene rings is 1. The molecule has 4 rings (SSSR count). The van der Waals surface area contributed by atoms with E-state index in [1.807, 2.05) is 66.5 Å². The van der Waals surface area contributed by atoms with E-state index in [1.165, 1.54) is 5.56 Å². The van der Waals surface area contributed by atoms with E-state index in [-0.39, 0.29) is 0 Å². The molecule has 0 radical (unpaired) electrons. The Morgan fingerprint density at radius 1 is 1.04 bits per heavy atom. The minimum absolute atomic E-state index is 0.502. The summed E-state index contributed by atoms with van der Waals surface area (Å²) in [6.45, 7) is 2.05. The van der Waals surface area contributed by atoms with Crippen molar-refractivity contribution in [3.05, 3.63) is 71.9 Å². The van der Waals surface area contributed by atoms with Crippen molar-refractivity contribution in [3.63, 3.8) is 0 Å². The maximum absolute atomic E-state index is 5.59. The van der Waals surface area contributed by atoms with Crippen molar-refractivity contribution in [1.29, 1.82) is 0 Å². The smallest absolute Gasteiger partial charge is 0.224 e. The lowest BCUT2D eigenvalue weighted by Gasteiger charge is -2.11. The Morgan fingerprint density at radius 3 is 2.63 bits per heavy atom. The number of ether oxygens (including phenoxy) is 2. The van der Waals surface area contributed by atoms with Crippen molar-refractivity contribution >= 4 is 10.9 Å². The van der Waals surface area contributed by atoms with E-state index in [2.05, 4.69) is 15.0 Å². The Morgan fingerprint density at radius 2 is 1.89 bits per heavy atom. The summed E-state index contributed by atoms with van der Waals surface area (Å²) < 4.78 is 13.0. The second-order valence-electron chi connectivity index (χ2n) is 6.29. The maximum atomic E-state index is 5.59. The summed E-state index contributed by atoms with van der Waals surface area (Å²) in [7, 11) is 3.28.